The minimum Gasteiger partial charge on any atom is -0.489 e. The summed E-state index contributed by atoms with van der Waals surface area (Å²) < 4.78 is 11.7. The number of rotatable bonds is 9. The van der Waals surface area contributed by atoms with Crippen molar-refractivity contribution in [2.75, 3.05) is 5.32 Å². The van der Waals surface area contributed by atoms with E-state index in [0.717, 1.165) is 11.1 Å². The Kier molecular flexibility index (Phi) is 8.83. The Labute approximate surface area is 225 Å². The Morgan fingerprint density at radius 1 is 0.865 bits per heavy atom. The van der Waals surface area contributed by atoms with E-state index >= 15 is 0 Å². The molecule has 0 aromatic heterocycles. The molecule has 4 aromatic rings. The number of nitrogens with zero attached hydrogens (tertiary/aromatic N) is 1. The van der Waals surface area contributed by atoms with Crippen LogP contribution in [0, 0.1) is 11.3 Å². The van der Waals surface area contributed by atoms with Crippen LogP contribution in [0.5, 0.6) is 11.5 Å². The van der Waals surface area contributed by atoms with Crippen molar-refractivity contribution in [1.29, 1.82) is 5.26 Å². The van der Waals surface area contributed by atoms with Crippen LogP contribution in [0.2, 0.25) is 10.0 Å². The molecule has 7 heteroatoms. The number of ether oxygens (including phenoxy) is 2. The van der Waals surface area contributed by atoms with Gasteiger partial charge in [-0.05, 0) is 54.1 Å². The lowest BCUT2D eigenvalue weighted by atomic mass is 10.1. The summed E-state index contributed by atoms with van der Waals surface area (Å²) >= 11 is 12.2. The average Bonchev–Trinajstić information content (AvgIpc) is 2.92. The summed E-state index contributed by atoms with van der Waals surface area (Å²) in [7, 11) is 0. The number of benzene rings is 4. The maximum absolute atomic E-state index is 12.8. The standard InChI is InChI=1S/C30H22Cl2N2O3/c31-25-11-10-23(28(32)17-25)20-37-29-9-5-4-8-22(29)16-24(18-33)30(35)34-26-12-14-27(15-13-26)36-19-21-6-2-1-3-7-21/h1-17H,19-20H2,(H,34,35)/b24-16+. The van der Waals surface area contributed by atoms with E-state index in [9.17, 15) is 10.1 Å². The molecule has 5 nitrogen and oxygen atoms in total. The minimum atomic E-state index is -0.531. The van der Waals surface area contributed by atoms with Crippen LogP contribution in [0.15, 0.2) is 103 Å². The van der Waals surface area contributed by atoms with Crippen LogP contribution in [0.25, 0.3) is 6.08 Å². The fourth-order valence-corrected chi connectivity index (χ4v) is 3.87. The molecule has 1 amide bonds. The van der Waals surface area contributed by atoms with Crippen LogP contribution < -0.4 is 14.8 Å². The fourth-order valence-electron chi connectivity index (χ4n) is 3.40. The molecule has 0 fully saturated rings. The minimum absolute atomic E-state index is 0.0648. The summed E-state index contributed by atoms with van der Waals surface area (Å²) in [6.45, 7) is 0.646. The van der Waals surface area contributed by atoms with E-state index in [-0.39, 0.29) is 12.2 Å². The lowest BCUT2D eigenvalue weighted by molar-refractivity contribution is -0.112. The SMILES string of the molecule is N#C/C(=C\c1ccccc1OCc1ccc(Cl)cc1Cl)C(=O)Nc1ccc(OCc2ccccc2)cc1. The van der Waals surface area contributed by atoms with E-state index in [1.807, 2.05) is 42.5 Å². The van der Waals surface area contributed by atoms with Gasteiger partial charge < -0.3 is 14.8 Å². The molecule has 0 bridgehead atoms. The van der Waals surface area contributed by atoms with Gasteiger partial charge in [-0.15, -0.1) is 0 Å². The first-order valence-corrected chi connectivity index (χ1v) is 12.1. The second-order valence-electron chi connectivity index (χ2n) is 7.98. The van der Waals surface area contributed by atoms with Gasteiger partial charge in [0.1, 0.15) is 36.4 Å². The maximum atomic E-state index is 12.8. The molecule has 0 spiro atoms. The first-order valence-electron chi connectivity index (χ1n) is 11.4. The summed E-state index contributed by atoms with van der Waals surface area (Å²) in [5, 5.41) is 13.4. The zero-order valence-electron chi connectivity index (χ0n) is 19.7. The third-order valence-corrected chi connectivity index (χ3v) is 5.93. The Balaban J connectivity index is 1.41. The number of nitrogens with one attached hydrogen (secondary N) is 1. The highest BCUT2D eigenvalue weighted by Crippen LogP contribution is 2.26. The number of amides is 1. The highest BCUT2D eigenvalue weighted by atomic mass is 35.5. The van der Waals surface area contributed by atoms with Crippen LogP contribution in [0.3, 0.4) is 0 Å². The molecule has 0 saturated heterocycles. The lowest BCUT2D eigenvalue weighted by Gasteiger charge is -2.11. The molecule has 4 aromatic carbocycles. The Hall–Kier alpha value is -4.24. The van der Waals surface area contributed by atoms with Crippen molar-refractivity contribution < 1.29 is 14.3 Å². The van der Waals surface area contributed by atoms with Gasteiger partial charge >= 0.3 is 0 Å². The summed E-state index contributed by atoms with van der Waals surface area (Å²) in [5.41, 5.74) is 2.89. The highest BCUT2D eigenvalue weighted by molar-refractivity contribution is 6.35. The molecular weight excluding hydrogens is 507 g/mol. The van der Waals surface area contributed by atoms with Gasteiger partial charge in [-0.3, -0.25) is 4.79 Å². The maximum Gasteiger partial charge on any atom is 0.266 e. The molecular formula is C30H22Cl2N2O3. The first kappa shape index (κ1) is 25.8. The monoisotopic (exact) mass is 528 g/mol. The molecule has 37 heavy (non-hydrogen) atoms. The van der Waals surface area contributed by atoms with Crippen molar-refractivity contribution in [3.05, 3.63) is 129 Å². The second-order valence-corrected chi connectivity index (χ2v) is 8.83. The zero-order valence-corrected chi connectivity index (χ0v) is 21.2. The average molecular weight is 529 g/mol. The number of nitriles is 1. The van der Waals surface area contributed by atoms with Gasteiger partial charge in [0.15, 0.2) is 0 Å². The van der Waals surface area contributed by atoms with Gasteiger partial charge in [0, 0.05) is 26.9 Å². The van der Waals surface area contributed by atoms with Gasteiger partial charge in [0.2, 0.25) is 0 Å². The van der Waals surface area contributed by atoms with E-state index in [2.05, 4.69) is 5.32 Å². The topological polar surface area (TPSA) is 71.3 Å². The summed E-state index contributed by atoms with van der Waals surface area (Å²) in [6, 6.07) is 31.1. The van der Waals surface area contributed by atoms with E-state index < -0.39 is 5.91 Å². The quantitative estimate of drug-likeness (QED) is 0.178. The molecule has 0 heterocycles. The Morgan fingerprint density at radius 2 is 1.59 bits per heavy atom. The van der Waals surface area contributed by atoms with E-state index in [1.54, 1.807) is 60.7 Å². The third kappa shape index (κ3) is 7.37. The van der Waals surface area contributed by atoms with Crippen molar-refractivity contribution in [1.82, 2.24) is 0 Å². The number of hydrogen-bond donors (Lipinski definition) is 1. The van der Waals surface area contributed by atoms with Crippen LogP contribution in [-0.2, 0) is 18.0 Å². The predicted molar refractivity (Wildman–Crippen MR) is 147 cm³/mol. The molecule has 4 rings (SSSR count). The predicted octanol–water partition coefficient (Wildman–Crippen LogP) is 7.70. The Morgan fingerprint density at radius 3 is 2.32 bits per heavy atom. The van der Waals surface area contributed by atoms with E-state index in [0.29, 0.717) is 39.4 Å². The van der Waals surface area contributed by atoms with Crippen molar-refractivity contribution in [3.8, 4) is 17.6 Å². The van der Waals surface area contributed by atoms with Crippen molar-refractivity contribution in [2.24, 2.45) is 0 Å². The van der Waals surface area contributed by atoms with Crippen molar-refractivity contribution in [3.63, 3.8) is 0 Å². The molecule has 0 atom stereocenters. The highest BCUT2D eigenvalue weighted by Gasteiger charge is 2.12. The molecule has 1 N–H and O–H groups in total. The van der Waals surface area contributed by atoms with Crippen LogP contribution >= 0.6 is 23.2 Å². The van der Waals surface area contributed by atoms with Gasteiger partial charge in [0.25, 0.3) is 5.91 Å². The molecule has 0 aliphatic rings. The molecule has 0 aliphatic heterocycles. The third-order valence-electron chi connectivity index (χ3n) is 5.34. The number of halogens is 2. The van der Waals surface area contributed by atoms with Gasteiger partial charge in [-0.25, -0.2) is 0 Å². The number of carbonyl (C=O) groups is 1. The van der Waals surface area contributed by atoms with Crippen LogP contribution in [-0.4, -0.2) is 5.91 Å². The summed E-state index contributed by atoms with van der Waals surface area (Å²) in [6.07, 6.45) is 1.49. The Bertz CT molecular complexity index is 1450. The normalized spacial score (nSPS) is 10.9. The summed E-state index contributed by atoms with van der Waals surface area (Å²) in [5.74, 6) is 0.648. The van der Waals surface area contributed by atoms with E-state index in [1.165, 1.54) is 6.08 Å². The second kappa shape index (κ2) is 12.6. The van der Waals surface area contributed by atoms with Gasteiger partial charge in [-0.1, -0.05) is 77.8 Å². The van der Waals surface area contributed by atoms with Gasteiger partial charge in [0.05, 0.1) is 0 Å². The largest absolute Gasteiger partial charge is 0.489 e. The number of anilines is 1. The fraction of sp³-hybridized carbons (Fsp3) is 0.0667. The van der Waals surface area contributed by atoms with Crippen molar-refractivity contribution >= 4 is 40.9 Å². The molecule has 0 aliphatic carbocycles. The molecule has 0 unspecified atom stereocenters. The van der Waals surface area contributed by atoms with Crippen LogP contribution in [0.4, 0.5) is 5.69 Å². The molecule has 0 saturated carbocycles. The lowest BCUT2D eigenvalue weighted by Crippen LogP contribution is -2.13. The van der Waals surface area contributed by atoms with Gasteiger partial charge in [-0.2, -0.15) is 5.26 Å². The number of hydrogen-bond acceptors (Lipinski definition) is 4. The first-order chi connectivity index (χ1) is 18.0. The summed E-state index contributed by atoms with van der Waals surface area (Å²) in [4.78, 5) is 12.8. The van der Waals surface area contributed by atoms with E-state index in [4.69, 9.17) is 32.7 Å². The van der Waals surface area contributed by atoms with Crippen molar-refractivity contribution in [2.45, 2.75) is 13.2 Å². The number of para-hydroxylation sites is 1. The molecule has 0 radical (unpaired) electrons. The number of carbonyl (C=O) groups excluding carboxylic acids is 1. The van der Waals surface area contributed by atoms with Crippen LogP contribution in [0.1, 0.15) is 16.7 Å². The molecule has 184 valence electrons. The smallest absolute Gasteiger partial charge is 0.266 e. The zero-order chi connectivity index (χ0) is 26.0.